The van der Waals surface area contributed by atoms with Crippen LogP contribution in [-0.4, -0.2) is 25.3 Å². The van der Waals surface area contributed by atoms with Crippen LogP contribution in [0.2, 0.25) is 0 Å². The van der Waals surface area contributed by atoms with Gasteiger partial charge in [-0.1, -0.05) is 12.1 Å². The van der Waals surface area contributed by atoms with Crippen molar-refractivity contribution in [3.8, 4) is 5.75 Å². The van der Waals surface area contributed by atoms with E-state index in [1.54, 1.807) is 39.0 Å². The quantitative estimate of drug-likeness (QED) is 0.609. The van der Waals surface area contributed by atoms with Gasteiger partial charge in [0.15, 0.2) is 5.75 Å². The van der Waals surface area contributed by atoms with Crippen molar-refractivity contribution < 1.29 is 23.8 Å². The molecule has 0 aromatic heterocycles. The number of carbonyl (C=O) groups excluding carboxylic acids is 2. The van der Waals surface area contributed by atoms with Gasteiger partial charge in [-0.05, 0) is 32.4 Å². The summed E-state index contributed by atoms with van der Waals surface area (Å²) in [5.41, 5.74) is 0.874. The Morgan fingerprint density at radius 2 is 1.78 bits per heavy atom. The summed E-state index contributed by atoms with van der Waals surface area (Å²) in [5.74, 6) is -0.352. The number of esters is 1. The highest BCUT2D eigenvalue weighted by Gasteiger charge is 2.18. The zero-order chi connectivity index (χ0) is 13.5. The van der Waals surface area contributed by atoms with Crippen LogP contribution < -0.4 is 4.74 Å². The van der Waals surface area contributed by atoms with Crippen molar-refractivity contribution in [1.82, 2.24) is 0 Å². The van der Waals surface area contributed by atoms with Gasteiger partial charge in [0.2, 0.25) is 0 Å². The zero-order valence-corrected chi connectivity index (χ0v) is 10.7. The minimum atomic E-state index is -0.836. The van der Waals surface area contributed by atoms with Crippen molar-refractivity contribution >= 4 is 12.1 Å². The standard InChI is InChI=1S/C13H16O5/c1-4-16-12(14)10-8-6-7-9(3)11(10)18-13(15)17-5-2/h6-8H,4-5H2,1-3H3. The second-order valence-electron chi connectivity index (χ2n) is 3.46. The van der Waals surface area contributed by atoms with Gasteiger partial charge in [0.25, 0.3) is 0 Å². The number of hydrogen-bond acceptors (Lipinski definition) is 5. The third-order valence-corrected chi connectivity index (χ3v) is 2.15. The molecule has 0 saturated heterocycles. The lowest BCUT2D eigenvalue weighted by Crippen LogP contribution is -2.15. The van der Waals surface area contributed by atoms with Gasteiger partial charge in [-0.3, -0.25) is 0 Å². The molecule has 0 fully saturated rings. The van der Waals surface area contributed by atoms with E-state index in [9.17, 15) is 9.59 Å². The van der Waals surface area contributed by atoms with Crippen molar-refractivity contribution in [2.24, 2.45) is 0 Å². The van der Waals surface area contributed by atoms with Crippen LogP contribution in [0.1, 0.15) is 29.8 Å². The first kappa shape index (κ1) is 14.0. The molecule has 98 valence electrons. The highest BCUT2D eigenvalue weighted by molar-refractivity contribution is 5.93. The van der Waals surface area contributed by atoms with E-state index in [0.29, 0.717) is 5.56 Å². The predicted molar refractivity (Wildman–Crippen MR) is 64.8 cm³/mol. The minimum absolute atomic E-state index is 0.175. The number of carbonyl (C=O) groups is 2. The molecule has 0 unspecified atom stereocenters. The van der Waals surface area contributed by atoms with E-state index in [0.717, 1.165) is 0 Å². The highest BCUT2D eigenvalue weighted by Crippen LogP contribution is 2.24. The molecule has 0 atom stereocenters. The molecule has 18 heavy (non-hydrogen) atoms. The van der Waals surface area contributed by atoms with Crippen molar-refractivity contribution in [2.75, 3.05) is 13.2 Å². The number of rotatable bonds is 4. The Hall–Kier alpha value is -2.04. The maximum absolute atomic E-state index is 11.7. The Bertz CT molecular complexity index is 439. The lowest BCUT2D eigenvalue weighted by Gasteiger charge is -2.11. The maximum atomic E-state index is 11.7. The average Bonchev–Trinajstić information content (AvgIpc) is 2.32. The Morgan fingerprint density at radius 3 is 2.39 bits per heavy atom. The third-order valence-electron chi connectivity index (χ3n) is 2.15. The van der Waals surface area contributed by atoms with Gasteiger partial charge in [0.1, 0.15) is 5.56 Å². The van der Waals surface area contributed by atoms with Gasteiger partial charge in [0, 0.05) is 0 Å². The van der Waals surface area contributed by atoms with Crippen LogP contribution >= 0.6 is 0 Å². The summed E-state index contributed by atoms with van der Waals surface area (Å²) < 4.78 is 14.6. The van der Waals surface area contributed by atoms with Gasteiger partial charge in [-0.2, -0.15) is 0 Å². The smallest absolute Gasteiger partial charge is 0.462 e. The van der Waals surface area contributed by atoms with Gasteiger partial charge in [0.05, 0.1) is 13.2 Å². The first-order valence-corrected chi connectivity index (χ1v) is 5.71. The number of hydrogen-bond donors (Lipinski definition) is 0. The van der Waals surface area contributed by atoms with Crippen LogP contribution in [0.5, 0.6) is 5.75 Å². The molecule has 0 radical (unpaired) electrons. The third kappa shape index (κ3) is 3.48. The second-order valence-corrected chi connectivity index (χ2v) is 3.46. The Morgan fingerprint density at radius 1 is 1.11 bits per heavy atom. The van der Waals surface area contributed by atoms with Crippen molar-refractivity contribution in [2.45, 2.75) is 20.8 Å². The summed E-state index contributed by atoms with van der Waals surface area (Å²) in [5, 5.41) is 0. The molecule has 0 aliphatic rings. The van der Waals surface area contributed by atoms with E-state index in [1.807, 2.05) is 0 Å². The number of para-hydroxylation sites is 1. The van der Waals surface area contributed by atoms with Crippen LogP contribution in [0.4, 0.5) is 4.79 Å². The van der Waals surface area contributed by atoms with Crippen LogP contribution in [0.15, 0.2) is 18.2 Å². The molecule has 5 nitrogen and oxygen atoms in total. The molecule has 1 aromatic carbocycles. The molecule has 1 rings (SSSR count). The monoisotopic (exact) mass is 252 g/mol. The predicted octanol–water partition coefficient (Wildman–Crippen LogP) is 2.71. The zero-order valence-electron chi connectivity index (χ0n) is 10.7. The van der Waals surface area contributed by atoms with Crippen molar-refractivity contribution in [3.63, 3.8) is 0 Å². The van der Waals surface area contributed by atoms with E-state index < -0.39 is 12.1 Å². The fourth-order valence-electron chi connectivity index (χ4n) is 1.39. The lowest BCUT2D eigenvalue weighted by atomic mass is 10.1. The summed E-state index contributed by atoms with van der Waals surface area (Å²) >= 11 is 0. The molecule has 0 spiro atoms. The molecule has 0 N–H and O–H groups in total. The SMILES string of the molecule is CCOC(=O)Oc1c(C)cccc1C(=O)OCC. The van der Waals surface area contributed by atoms with Gasteiger partial charge in [-0.25, -0.2) is 9.59 Å². The molecule has 0 saturated carbocycles. The molecule has 0 bridgehead atoms. The van der Waals surface area contributed by atoms with Gasteiger partial charge >= 0.3 is 12.1 Å². The number of ether oxygens (including phenoxy) is 3. The lowest BCUT2D eigenvalue weighted by molar-refractivity contribution is 0.0521. The molecule has 0 amide bonds. The second kappa shape index (κ2) is 6.64. The molecule has 1 aromatic rings. The van der Waals surface area contributed by atoms with E-state index in [1.165, 1.54) is 0 Å². The first-order valence-electron chi connectivity index (χ1n) is 5.71. The van der Waals surface area contributed by atoms with Gasteiger partial charge in [-0.15, -0.1) is 0 Å². The topological polar surface area (TPSA) is 61.8 Å². The molecule has 0 aliphatic heterocycles. The Kier molecular flexibility index (Phi) is 5.17. The van der Waals surface area contributed by atoms with Crippen LogP contribution in [0.3, 0.4) is 0 Å². The summed E-state index contributed by atoms with van der Waals surface area (Å²) in [7, 11) is 0. The number of aryl methyl sites for hydroxylation is 1. The largest absolute Gasteiger partial charge is 0.513 e. The van der Waals surface area contributed by atoms with E-state index >= 15 is 0 Å². The summed E-state index contributed by atoms with van der Waals surface area (Å²) in [6, 6.07) is 4.97. The van der Waals surface area contributed by atoms with E-state index in [4.69, 9.17) is 9.47 Å². The molecular weight excluding hydrogens is 236 g/mol. The first-order chi connectivity index (χ1) is 8.60. The maximum Gasteiger partial charge on any atom is 0.513 e. The van der Waals surface area contributed by atoms with Crippen molar-refractivity contribution in [3.05, 3.63) is 29.3 Å². The molecule has 0 aliphatic carbocycles. The highest BCUT2D eigenvalue weighted by atomic mass is 16.7. The molecule has 0 heterocycles. The Balaban J connectivity index is 3.00. The molecular formula is C13H16O5. The van der Waals surface area contributed by atoms with E-state index in [-0.39, 0.29) is 24.5 Å². The molecule has 5 heteroatoms. The van der Waals surface area contributed by atoms with Crippen LogP contribution in [-0.2, 0) is 9.47 Å². The summed E-state index contributed by atoms with van der Waals surface area (Å²) in [6.45, 7) is 5.58. The van der Waals surface area contributed by atoms with Crippen LogP contribution in [0, 0.1) is 6.92 Å². The van der Waals surface area contributed by atoms with Crippen LogP contribution in [0.25, 0.3) is 0 Å². The summed E-state index contributed by atoms with van der Waals surface area (Å²) in [6.07, 6.45) is -0.836. The average molecular weight is 252 g/mol. The van der Waals surface area contributed by atoms with Crippen molar-refractivity contribution in [1.29, 1.82) is 0 Å². The fraction of sp³-hybridized carbons (Fsp3) is 0.385. The van der Waals surface area contributed by atoms with E-state index in [2.05, 4.69) is 4.74 Å². The number of benzene rings is 1. The van der Waals surface area contributed by atoms with Gasteiger partial charge < -0.3 is 14.2 Å². The summed E-state index contributed by atoms with van der Waals surface area (Å²) in [4.78, 5) is 23.0. The normalized spacial score (nSPS) is 9.72. The fourth-order valence-corrected chi connectivity index (χ4v) is 1.39. The minimum Gasteiger partial charge on any atom is -0.462 e. The Labute approximate surface area is 106 Å².